The zero-order chi connectivity index (χ0) is 24.1. The number of aromatic nitrogens is 1. The van der Waals surface area contributed by atoms with E-state index in [9.17, 15) is 9.59 Å². The molecule has 178 valence electrons. The maximum atomic E-state index is 12.7. The van der Waals surface area contributed by atoms with Crippen LogP contribution in [0.1, 0.15) is 68.2 Å². The van der Waals surface area contributed by atoms with E-state index in [-0.39, 0.29) is 23.9 Å². The van der Waals surface area contributed by atoms with E-state index >= 15 is 0 Å². The lowest BCUT2D eigenvalue weighted by Gasteiger charge is -2.29. The van der Waals surface area contributed by atoms with E-state index < -0.39 is 0 Å². The van der Waals surface area contributed by atoms with Crippen molar-refractivity contribution in [1.82, 2.24) is 15.6 Å². The average Bonchev–Trinajstić information content (AvgIpc) is 3.28. The van der Waals surface area contributed by atoms with Crippen LogP contribution in [0.25, 0.3) is 0 Å². The first-order valence-corrected chi connectivity index (χ1v) is 12.6. The number of amides is 2. The molecule has 2 amide bonds. The summed E-state index contributed by atoms with van der Waals surface area (Å²) in [6, 6.07) is 13.9. The summed E-state index contributed by atoms with van der Waals surface area (Å²) in [5, 5.41) is 8.77. The first-order chi connectivity index (χ1) is 16.4. The quantitative estimate of drug-likeness (QED) is 0.495. The van der Waals surface area contributed by atoms with E-state index in [4.69, 9.17) is 4.74 Å². The molecule has 0 spiro atoms. The molecule has 1 fully saturated rings. The van der Waals surface area contributed by atoms with Crippen molar-refractivity contribution in [1.29, 1.82) is 0 Å². The van der Waals surface area contributed by atoms with Gasteiger partial charge < -0.3 is 15.4 Å². The maximum absolute atomic E-state index is 12.7. The van der Waals surface area contributed by atoms with Crippen LogP contribution in [-0.2, 0) is 6.61 Å². The van der Waals surface area contributed by atoms with E-state index in [1.165, 1.54) is 11.3 Å². The summed E-state index contributed by atoms with van der Waals surface area (Å²) in [5.74, 6) is 0.622. The van der Waals surface area contributed by atoms with E-state index in [0.29, 0.717) is 17.9 Å². The van der Waals surface area contributed by atoms with Gasteiger partial charge in [-0.1, -0.05) is 23.8 Å². The van der Waals surface area contributed by atoms with Gasteiger partial charge in [0, 0.05) is 23.0 Å². The summed E-state index contributed by atoms with van der Waals surface area (Å²) in [5.41, 5.74) is 4.55. The number of carbonyl (C=O) groups is 2. The van der Waals surface area contributed by atoms with Crippen molar-refractivity contribution in [3.63, 3.8) is 0 Å². The van der Waals surface area contributed by atoms with E-state index in [1.54, 1.807) is 5.38 Å². The van der Waals surface area contributed by atoms with E-state index in [0.717, 1.165) is 53.1 Å². The normalized spacial score (nSPS) is 17.7. The number of benzene rings is 2. The zero-order valence-electron chi connectivity index (χ0n) is 19.9. The number of rotatable bonds is 7. The summed E-state index contributed by atoms with van der Waals surface area (Å²) >= 11 is 1.43. The second-order valence-corrected chi connectivity index (χ2v) is 10.0. The van der Waals surface area contributed by atoms with Crippen LogP contribution >= 0.6 is 11.3 Å². The highest BCUT2D eigenvalue weighted by atomic mass is 32.1. The highest BCUT2D eigenvalue weighted by Crippen LogP contribution is 2.21. The monoisotopic (exact) mass is 477 g/mol. The Morgan fingerprint density at radius 1 is 0.882 bits per heavy atom. The van der Waals surface area contributed by atoms with Gasteiger partial charge in [-0.3, -0.25) is 9.59 Å². The third kappa shape index (κ3) is 6.44. The van der Waals surface area contributed by atoms with Gasteiger partial charge in [-0.15, -0.1) is 11.3 Å². The molecule has 1 heterocycles. The number of hydrogen-bond acceptors (Lipinski definition) is 5. The molecule has 7 heteroatoms. The minimum absolute atomic E-state index is 0.0365. The fraction of sp³-hybridized carbons (Fsp3) is 0.370. The standard InChI is InChI=1S/C27H31N3O3S/c1-17-4-6-20(7-5-17)26(31)28-21-8-10-22(11-9-21)29-27(32)24-16-34-25(30-24)15-33-23-13-18(2)12-19(3)14-23/h4-7,12-14,16,21-22H,8-11,15H2,1-3H3,(H,28,31)(H,29,32). The van der Waals surface area contributed by atoms with Gasteiger partial charge in [0.2, 0.25) is 0 Å². The SMILES string of the molecule is Cc1ccc(C(=O)NC2CCC(NC(=O)c3csc(COc4cc(C)cc(C)c4)n3)CC2)cc1. The molecule has 2 N–H and O–H groups in total. The zero-order valence-corrected chi connectivity index (χ0v) is 20.7. The summed E-state index contributed by atoms with van der Waals surface area (Å²) in [4.78, 5) is 29.6. The fourth-order valence-electron chi connectivity index (χ4n) is 4.26. The van der Waals surface area contributed by atoms with Crippen LogP contribution in [0, 0.1) is 20.8 Å². The van der Waals surface area contributed by atoms with Crippen molar-refractivity contribution >= 4 is 23.2 Å². The molecule has 2 aromatic carbocycles. The molecular weight excluding hydrogens is 446 g/mol. The lowest BCUT2D eigenvalue weighted by Crippen LogP contribution is -2.43. The Bertz CT molecular complexity index is 1130. The van der Waals surface area contributed by atoms with Gasteiger partial charge in [0.25, 0.3) is 11.8 Å². The topological polar surface area (TPSA) is 80.3 Å². The van der Waals surface area contributed by atoms with Crippen LogP contribution in [0.15, 0.2) is 47.8 Å². The van der Waals surface area contributed by atoms with Gasteiger partial charge in [0.15, 0.2) is 0 Å². The molecule has 4 rings (SSSR count). The third-order valence-corrected chi connectivity index (χ3v) is 6.88. The van der Waals surface area contributed by atoms with Gasteiger partial charge >= 0.3 is 0 Å². The minimum atomic E-state index is -0.152. The summed E-state index contributed by atoms with van der Waals surface area (Å²) in [6.45, 7) is 6.42. The van der Waals surface area contributed by atoms with Crippen molar-refractivity contribution in [2.45, 2.75) is 65.1 Å². The number of aryl methyl sites for hydroxylation is 3. The molecular formula is C27H31N3O3S. The smallest absolute Gasteiger partial charge is 0.270 e. The van der Waals surface area contributed by atoms with E-state index in [1.807, 2.05) is 57.2 Å². The number of thiazole rings is 1. The molecule has 0 aliphatic heterocycles. The molecule has 0 atom stereocenters. The lowest BCUT2D eigenvalue weighted by molar-refractivity contribution is 0.0889. The minimum Gasteiger partial charge on any atom is -0.486 e. The predicted molar refractivity (Wildman–Crippen MR) is 135 cm³/mol. The first-order valence-electron chi connectivity index (χ1n) is 11.7. The molecule has 3 aromatic rings. The highest BCUT2D eigenvalue weighted by Gasteiger charge is 2.25. The Morgan fingerprint density at radius 3 is 2.09 bits per heavy atom. The number of hydrogen-bond donors (Lipinski definition) is 2. The van der Waals surface area contributed by atoms with Crippen LogP contribution in [0.3, 0.4) is 0 Å². The van der Waals surface area contributed by atoms with E-state index in [2.05, 4.69) is 21.7 Å². The van der Waals surface area contributed by atoms with Crippen molar-refractivity contribution in [3.8, 4) is 5.75 Å². The Morgan fingerprint density at radius 2 is 1.47 bits per heavy atom. The fourth-order valence-corrected chi connectivity index (χ4v) is 4.94. The molecule has 34 heavy (non-hydrogen) atoms. The first kappa shape index (κ1) is 24.0. The van der Waals surface area contributed by atoms with Crippen LogP contribution in [0.5, 0.6) is 5.75 Å². The van der Waals surface area contributed by atoms with Crippen molar-refractivity contribution in [3.05, 3.63) is 80.8 Å². The number of ether oxygens (including phenoxy) is 1. The molecule has 0 bridgehead atoms. The molecule has 1 saturated carbocycles. The number of carbonyl (C=O) groups excluding carboxylic acids is 2. The molecule has 1 aliphatic rings. The van der Waals surface area contributed by atoms with Crippen LogP contribution < -0.4 is 15.4 Å². The molecule has 0 saturated heterocycles. The summed E-state index contributed by atoms with van der Waals surface area (Å²) < 4.78 is 5.86. The van der Waals surface area contributed by atoms with Crippen molar-refractivity contribution in [2.75, 3.05) is 0 Å². The second-order valence-electron chi connectivity index (χ2n) is 9.10. The molecule has 6 nitrogen and oxygen atoms in total. The lowest BCUT2D eigenvalue weighted by atomic mass is 9.91. The second kappa shape index (κ2) is 10.8. The summed E-state index contributed by atoms with van der Waals surface area (Å²) in [6.07, 6.45) is 3.35. The van der Waals surface area contributed by atoms with Crippen molar-refractivity contribution in [2.24, 2.45) is 0 Å². The van der Waals surface area contributed by atoms with Crippen LogP contribution in [0.2, 0.25) is 0 Å². The van der Waals surface area contributed by atoms with Gasteiger partial charge in [0.05, 0.1) is 0 Å². The molecule has 0 radical (unpaired) electrons. The van der Waals surface area contributed by atoms with Crippen LogP contribution in [-0.4, -0.2) is 28.9 Å². The number of nitrogens with one attached hydrogen (secondary N) is 2. The number of nitrogens with zero attached hydrogens (tertiary/aromatic N) is 1. The van der Waals surface area contributed by atoms with Gasteiger partial charge in [-0.05, 0) is 81.8 Å². The molecule has 0 unspecified atom stereocenters. The van der Waals surface area contributed by atoms with Crippen LogP contribution in [0.4, 0.5) is 0 Å². The Kier molecular flexibility index (Phi) is 7.63. The predicted octanol–water partition coefficient (Wildman–Crippen LogP) is 5.12. The Labute approximate surface area is 204 Å². The summed E-state index contributed by atoms with van der Waals surface area (Å²) in [7, 11) is 0. The molecule has 1 aliphatic carbocycles. The largest absolute Gasteiger partial charge is 0.486 e. The van der Waals surface area contributed by atoms with Crippen molar-refractivity contribution < 1.29 is 14.3 Å². The Hall–Kier alpha value is -3.19. The average molecular weight is 478 g/mol. The molecule has 1 aromatic heterocycles. The van der Waals surface area contributed by atoms with Gasteiger partial charge in [-0.2, -0.15) is 0 Å². The Balaban J connectivity index is 1.22. The maximum Gasteiger partial charge on any atom is 0.270 e. The van der Waals surface area contributed by atoms with Gasteiger partial charge in [-0.25, -0.2) is 4.98 Å². The van der Waals surface area contributed by atoms with Gasteiger partial charge in [0.1, 0.15) is 23.1 Å². The highest BCUT2D eigenvalue weighted by molar-refractivity contribution is 7.09. The third-order valence-electron chi connectivity index (χ3n) is 6.05.